The molecule has 1 aliphatic rings. The van der Waals surface area contributed by atoms with Crippen LogP contribution in [0.25, 0.3) is 0 Å². The van der Waals surface area contributed by atoms with Gasteiger partial charge in [-0.1, -0.05) is 18.2 Å². The second-order valence-corrected chi connectivity index (χ2v) is 6.86. The van der Waals surface area contributed by atoms with Crippen LogP contribution in [0.4, 0.5) is 16.2 Å². The number of rotatable bonds is 10. The van der Waals surface area contributed by atoms with E-state index in [2.05, 4.69) is 16.0 Å². The lowest BCUT2D eigenvalue weighted by molar-refractivity contribution is 0.0453. The lowest BCUT2D eigenvalue weighted by Crippen LogP contribution is -2.30. The Balaban J connectivity index is 1.53. The van der Waals surface area contributed by atoms with Crippen molar-refractivity contribution in [2.75, 3.05) is 30.5 Å². The third kappa shape index (κ3) is 7.21. The molecule has 0 aliphatic heterocycles. The van der Waals surface area contributed by atoms with Gasteiger partial charge in [-0.05, 0) is 55.7 Å². The smallest absolute Gasteiger partial charge is 0.319 e. The molecule has 0 radical (unpaired) electrons. The Hall–Kier alpha value is -2.90. The standard InChI is InChI=1S/C22H27N3O4/c1-2-28-11-12-29-15-16-5-3-7-19(13-16)23-21(26)17-6-4-8-20(14-17)25-22(27)24-18-9-10-18/h3-8,13-14,18H,2,9-12,15H2,1H3,(H,23,26)(H2,24,25,27). The van der Waals surface area contributed by atoms with E-state index in [4.69, 9.17) is 9.47 Å². The van der Waals surface area contributed by atoms with Crippen molar-refractivity contribution in [2.24, 2.45) is 0 Å². The zero-order valence-corrected chi connectivity index (χ0v) is 16.6. The molecule has 1 aliphatic carbocycles. The van der Waals surface area contributed by atoms with Crippen LogP contribution < -0.4 is 16.0 Å². The van der Waals surface area contributed by atoms with Gasteiger partial charge >= 0.3 is 6.03 Å². The van der Waals surface area contributed by atoms with E-state index in [-0.39, 0.29) is 18.0 Å². The Bertz CT molecular complexity index is 836. The SMILES string of the molecule is CCOCCOCc1cccc(NC(=O)c2cccc(NC(=O)NC3CC3)c2)c1. The molecular formula is C22H27N3O4. The molecule has 0 aromatic heterocycles. The molecule has 7 nitrogen and oxygen atoms in total. The van der Waals surface area contributed by atoms with E-state index in [0.29, 0.717) is 43.4 Å². The number of carbonyl (C=O) groups excluding carboxylic acids is 2. The fourth-order valence-electron chi connectivity index (χ4n) is 2.71. The average Bonchev–Trinajstić information content (AvgIpc) is 3.52. The number of urea groups is 1. The number of hydrogen-bond donors (Lipinski definition) is 3. The maximum Gasteiger partial charge on any atom is 0.319 e. The highest BCUT2D eigenvalue weighted by Gasteiger charge is 2.23. The summed E-state index contributed by atoms with van der Waals surface area (Å²) in [6.45, 7) is 4.16. The Morgan fingerprint density at radius 3 is 2.45 bits per heavy atom. The molecule has 0 bridgehead atoms. The molecular weight excluding hydrogens is 370 g/mol. The number of anilines is 2. The molecule has 1 fully saturated rings. The van der Waals surface area contributed by atoms with Gasteiger partial charge in [0.25, 0.3) is 5.91 Å². The number of benzene rings is 2. The minimum Gasteiger partial charge on any atom is -0.379 e. The summed E-state index contributed by atoms with van der Waals surface area (Å²) < 4.78 is 10.8. The van der Waals surface area contributed by atoms with E-state index < -0.39 is 0 Å². The molecule has 3 amide bonds. The Morgan fingerprint density at radius 2 is 1.69 bits per heavy atom. The van der Waals surface area contributed by atoms with Crippen LogP contribution in [0.15, 0.2) is 48.5 Å². The summed E-state index contributed by atoms with van der Waals surface area (Å²) in [4.78, 5) is 24.5. The van der Waals surface area contributed by atoms with Crippen molar-refractivity contribution in [3.05, 3.63) is 59.7 Å². The molecule has 0 saturated heterocycles. The van der Waals surface area contributed by atoms with Gasteiger partial charge in [0.1, 0.15) is 0 Å². The van der Waals surface area contributed by atoms with Crippen molar-refractivity contribution in [1.82, 2.24) is 5.32 Å². The van der Waals surface area contributed by atoms with Crippen LogP contribution in [-0.4, -0.2) is 37.8 Å². The summed E-state index contributed by atoms with van der Waals surface area (Å²) in [5, 5.41) is 8.50. The maximum absolute atomic E-state index is 12.6. The van der Waals surface area contributed by atoms with Crippen LogP contribution >= 0.6 is 0 Å². The Morgan fingerprint density at radius 1 is 0.966 bits per heavy atom. The molecule has 3 N–H and O–H groups in total. The van der Waals surface area contributed by atoms with Crippen molar-refractivity contribution >= 4 is 23.3 Å². The number of carbonyl (C=O) groups is 2. The summed E-state index contributed by atoms with van der Waals surface area (Å²) in [7, 11) is 0. The topological polar surface area (TPSA) is 88.7 Å². The van der Waals surface area contributed by atoms with Crippen LogP contribution in [0.3, 0.4) is 0 Å². The average molecular weight is 397 g/mol. The van der Waals surface area contributed by atoms with Crippen molar-refractivity contribution in [3.8, 4) is 0 Å². The molecule has 3 rings (SSSR count). The summed E-state index contributed by atoms with van der Waals surface area (Å²) in [6.07, 6.45) is 2.04. The quantitative estimate of drug-likeness (QED) is 0.533. The van der Waals surface area contributed by atoms with Gasteiger partial charge < -0.3 is 25.4 Å². The highest BCUT2D eigenvalue weighted by Crippen LogP contribution is 2.19. The monoisotopic (exact) mass is 397 g/mol. The van der Waals surface area contributed by atoms with Gasteiger partial charge in [-0.2, -0.15) is 0 Å². The second kappa shape index (κ2) is 10.6. The highest BCUT2D eigenvalue weighted by molar-refractivity contribution is 6.05. The van der Waals surface area contributed by atoms with Crippen LogP contribution in [-0.2, 0) is 16.1 Å². The number of nitrogens with one attached hydrogen (secondary N) is 3. The molecule has 2 aromatic rings. The van der Waals surface area contributed by atoms with Gasteiger partial charge in [0.15, 0.2) is 0 Å². The molecule has 1 saturated carbocycles. The molecule has 0 heterocycles. The number of amides is 3. The third-order valence-corrected chi connectivity index (χ3v) is 4.32. The molecule has 0 unspecified atom stereocenters. The fourth-order valence-corrected chi connectivity index (χ4v) is 2.71. The minimum atomic E-state index is -0.248. The van der Waals surface area contributed by atoms with Gasteiger partial charge in [-0.3, -0.25) is 4.79 Å². The predicted octanol–water partition coefficient (Wildman–Crippen LogP) is 3.78. The van der Waals surface area contributed by atoms with Gasteiger partial charge in [-0.15, -0.1) is 0 Å². The van der Waals surface area contributed by atoms with Gasteiger partial charge in [-0.25, -0.2) is 4.79 Å². The second-order valence-electron chi connectivity index (χ2n) is 6.86. The molecule has 29 heavy (non-hydrogen) atoms. The van der Waals surface area contributed by atoms with E-state index in [0.717, 1.165) is 18.4 Å². The van der Waals surface area contributed by atoms with E-state index in [1.807, 2.05) is 31.2 Å². The first kappa shape index (κ1) is 20.8. The van der Waals surface area contributed by atoms with E-state index in [9.17, 15) is 9.59 Å². The van der Waals surface area contributed by atoms with Crippen molar-refractivity contribution in [3.63, 3.8) is 0 Å². The van der Waals surface area contributed by atoms with Crippen molar-refractivity contribution in [1.29, 1.82) is 0 Å². The van der Waals surface area contributed by atoms with Gasteiger partial charge in [0, 0.05) is 29.6 Å². The molecule has 2 aromatic carbocycles. The highest BCUT2D eigenvalue weighted by atomic mass is 16.5. The molecule has 0 spiro atoms. The number of hydrogen-bond acceptors (Lipinski definition) is 4. The lowest BCUT2D eigenvalue weighted by atomic mass is 10.1. The fraction of sp³-hybridized carbons (Fsp3) is 0.364. The van der Waals surface area contributed by atoms with Crippen molar-refractivity contribution < 1.29 is 19.1 Å². The third-order valence-electron chi connectivity index (χ3n) is 4.32. The number of ether oxygens (including phenoxy) is 2. The van der Waals surface area contributed by atoms with E-state index in [1.54, 1.807) is 24.3 Å². The largest absolute Gasteiger partial charge is 0.379 e. The normalized spacial score (nSPS) is 13.0. The summed E-state index contributed by atoms with van der Waals surface area (Å²) >= 11 is 0. The van der Waals surface area contributed by atoms with Crippen LogP contribution in [0.2, 0.25) is 0 Å². The zero-order chi connectivity index (χ0) is 20.5. The Kier molecular flexibility index (Phi) is 7.61. The van der Waals surface area contributed by atoms with E-state index >= 15 is 0 Å². The first-order valence-corrected chi connectivity index (χ1v) is 9.87. The van der Waals surface area contributed by atoms with Crippen molar-refractivity contribution in [2.45, 2.75) is 32.4 Å². The maximum atomic E-state index is 12.6. The Labute approximate surface area is 170 Å². The summed E-state index contributed by atoms with van der Waals surface area (Å²) in [6, 6.07) is 14.4. The minimum absolute atomic E-state index is 0.245. The van der Waals surface area contributed by atoms with Gasteiger partial charge in [0.2, 0.25) is 0 Å². The summed E-state index contributed by atoms with van der Waals surface area (Å²) in [5.74, 6) is -0.245. The molecule has 0 atom stereocenters. The summed E-state index contributed by atoms with van der Waals surface area (Å²) in [5.41, 5.74) is 2.69. The predicted molar refractivity (Wildman–Crippen MR) is 112 cm³/mol. The van der Waals surface area contributed by atoms with Crippen LogP contribution in [0.1, 0.15) is 35.7 Å². The first-order chi connectivity index (χ1) is 14.1. The van der Waals surface area contributed by atoms with Crippen LogP contribution in [0, 0.1) is 0 Å². The zero-order valence-electron chi connectivity index (χ0n) is 16.6. The molecule has 154 valence electrons. The molecule has 7 heteroatoms. The lowest BCUT2D eigenvalue weighted by Gasteiger charge is -2.10. The first-order valence-electron chi connectivity index (χ1n) is 9.87. The van der Waals surface area contributed by atoms with Gasteiger partial charge in [0.05, 0.1) is 19.8 Å². The van der Waals surface area contributed by atoms with Crippen LogP contribution in [0.5, 0.6) is 0 Å². The van der Waals surface area contributed by atoms with E-state index in [1.165, 1.54) is 0 Å².